The molecule has 3 saturated heterocycles. The minimum absolute atomic E-state index is 0.336. The molecule has 7 rings (SSSR count). The number of ether oxygens (including phenoxy) is 4. The summed E-state index contributed by atoms with van der Waals surface area (Å²) in [4.78, 5) is 0. The Morgan fingerprint density at radius 2 is 0.593 bits per heavy atom. The molecule has 0 aromatic heterocycles. The molecule has 86 heavy (non-hydrogen) atoms. The predicted molar refractivity (Wildman–Crippen MR) is 374 cm³/mol. The number of unbranched alkanes of at least 4 members (excludes halogenated alkanes) is 1. The highest BCUT2D eigenvalue weighted by molar-refractivity contribution is 6.87. The Kier molecular flexibility index (Phi) is 31.4. The number of rotatable bonds is 28. The van der Waals surface area contributed by atoms with Crippen molar-refractivity contribution in [2.75, 3.05) is 33.0 Å². The van der Waals surface area contributed by atoms with E-state index in [-0.39, 0.29) is 0 Å². The van der Waals surface area contributed by atoms with Gasteiger partial charge in [-0.05, 0) is 265 Å². The molecule has 0 N–H and O–H groups in total. The van der Waals surface area contributed by atoms with Crippen LogP contribution in [0, 0.1) is 40.4 Å². The van der Waals surface area contributed by atoms with Crippen LogP contribution in [0.5, 0.6) is 0 Å². The van der Waals surface area contributed by atoms with Crippen molar-refractivity contribution < 1.29 is 68.3 Å². The average molecular weight is 1420 g/mol. The van der Waals surface area contributed by atoms with E-state index in [9.17, 15) is 0 Å². The molecule has 8 atom stereocenters. The minimum atomic E-state index is -2.53. The molecule has 7 fully saturated rings. The molecular weight excluding hydrogens is 1290 g/mol. The van der Waals surface area contributed by atoms with Crippen molar-refractivity contribution in [2.45, 2.75) is 296 Å². The van der Waals surface area contributed by atoms with Gasteiger partial charge in [0.25, 0.3) is 74.3 Å². The summed E-state index contributed by atoms with van der Waals surface area (Å²) in [5, 5.41) is 0. The van der Waals surface area contributed by atoms with Gasteiger partial charge in [-0.1, -0.05) is 53.4 Å². The van der Waals surface area contributed by atoms with Crippen molar-refractivity contribution in [3.05, 3.63) is 0 Å². The first kappa shape index (κ1) is 75.3. The van der Waals surface area contributed by atoms with Crippen LogP contribution >= 0.6 is 0 Å². The lowest BCUT2D eigenvalue weighted by atomic mass is 9.59. The Morgan fingerprint density at radius 3 is 0.930 bits per heavy atom. The van der Waals surface area contributed by atoms with Crippen LogP contribution in [0.1, 0.15) is 175 Å². The summed E-state index contributed by atoms with van der Waals surface area (Å²) >= 11 is 0. The molecule has 0 amide bonds. The molecule has 0 spiro atoms. The minimum Gasteiger partial charge on any atom is -0.420 e. The van der Waals surface area contributed by atoms with E-state index < -0.39 is 109 Å². The van der Waals surface area contributed by atoms with Gasteiger partial charge >= 0.3 is 34.2 Å². The summed E-state index contributed by atoms with van der Waals surface area (Å²) < 4.78 is 104. The van der Waals surface area contributed by atoms with Crippen LogP contribution in [-0.2, 0) is 68.3 Å². The van der Waals surface area contributed by atoms with Crippen LogP contribution in [0.15, 0.2) is 0 Å². The first-order valence-corrected chi connectivity index (χ1v) is 62.1. The maximum Gasteiger partial charge on any atom is 0.317 e. The molecule has 28 heteroatoms. The fourth-order valence-electron chi connectivity index (χ4n) is 16.6. The van der Waals surface area contributed by atoms with E-state index in [0.717, 1.165) is 132 Å². The smallest absolute Gasteiger partial charge is 0.317 e. The van der Waals surface area contributed by atoms with Crippen molar-refractivity contribution in [3.8, 4) is 0 Å². The molecule has 8 unspecified atom stereocenters. The second kappa shape index (κ2) is 35.8. The van der Waals surface area contributed by atoms with E-state index in [0.29, 0.717) is 29.1 Å². The topological polar surface area (TPSA) is 148 Å². The first-order chi connectivity index (χ1) is 40.7. The summed E-state index contributed by atoms with van der Waals surface area (Å²) in [5.74, 6) is 4.02. The van der Waals surface area contributed by atoms with E-state index in [1.165, 1.54) is 103 Å². The Hall–Kier alpha value is 1.96. The van der Waals surface area contributed by atoms with Crippen LogP contribution in [0.4, 0.5) is 0 Å². The summed E-state index contributed by atoms with van der Waals surface area (Å²) in [7, 11) is -23.4. The van der Waals surface area contributed by atoms with Crippen molar-refractivity contribution in [1.29, 1.82) is 0 Å². The number of hydrogen-bond acceptors (Lipinski definition) is 16. The summed E-state index contributed by atoms with van der Waals surface area (Å²) in [6.45, 7) is 40.2. The third kappa shape index (κ3) is 24.9. The second-order valence-electron chi connectivity index (χ2n) is 29.5. The monoisotopic (exact) mass is 1420 g/mol. The average Bonchev–Trinajstić information content (AvgIpc) is 3.48. The van der Waals surface area contributed by atoms with Gasteiger partial charge < -0.3 is 68.3 Å². The summed E-state index contributed by atoms with van der Waals surface area (Å²) in [6.07, 6.45) is 29.1. The van der Waals surface area contributed by atoms with Crippen LogP contribution in [-0.4, -0.2) is 160 Å². The fraction of sp³-hybridized carbons (Fsp3) is 1.00. The maximum atomic E-state index is 7.19. The first-order valence-electron chi connectivity index (χ1n) is 35.2. The molecule has 0 bridgehead atoms. The van der Waals surface area contributed by atoms with Crippen molar-refractivity contribution in [2.24, 2.45) is 40.4 Å². The zero-order valence-electron chi connectivity index (χ0n) is 57.4. The molecular formula is C58H128O16Si12. The summed E-state index contributed by atoms with van der Waals surface area (Å²) in [5.41, 5.74) is 0.738. The van der Waals surface area contributed by atoms with Gasteiger partial charge in [0.05, 0.1) is 18.3 Å². The zero-order chi connectivity index (χ0) is 62.2. The van der Waals surface area contributed by atoms with Crippen molar-refractivity contribution in [1.82, 2.24) is 0 Å². The zero-order valence-corrected chi connectivity index (χ0v) is 70.6. The van der Waals surface area contributed by atoms with Gasteiger partial charge in [0, 0.05) is 33.0 Å². The van der Waals surface area contributed by atoms with Gasteiger partial charge in [-0.15, -0.1) is 0 Å². The lowest BCUT2D eigenvalue weighted by Gasteiger charge is -2.46. The molecule has 3 heterocycles. The third-order valence-corrected chi connectivity index (χ3v) is 65.1. The molecule has 504 valence electrons. The van der Waals surface area contributed by atoms with E-state index >= 15 is 0 Å². The number of hydrogen-bond donors (Lipinski definition) is 0. The maximum absolute atomic E-state index is 7.19. The van der Waals surface area contributed by atoms with E-state index in [1.807, 2.05) is 0 Å². The van der Waals surface area contributed by atoms with E-state index in [1.54, 1.807) is 0 Å². The normalized spacial score (nSPS) is 41.3. The van der Waals surface area contributed by atoms with E-state index in [2.05, 4.69) is 106 Å². The van der Waals surface area contributed by atoms with Crippen LogP contribution in [0.2, 0.25) is 103 Å². The van der Waals surface area contributed by atoms with Gasteiger partial charge in [0.1, 0.15) is 0 Å². The molecule has 0 aromatic rings. The van der Waals surface area contributed by atoms with Crippen molar-refractivity contribution in [3.63, 3.8) is 0 Å². The van der Waals surface area contributed by atoms with Gasteiger partial charge in [-0.2, -0.15) is 0 Å². The highest BCUT2D eigenvalue weighted by atomic mass is 28.5. The molecule has 0 radical (unpaired) electrons. The van der Waals surface area contributed by atoms with Crippen LogP contribution < -0.4 is 0 Å². The highest BCUT2D eigenvalue weighted by Crippen LogP contribution is 2.51. The molecule has 0 aromatic carbocycles. The van der Waals surface area contributed by atoms with Gasteiger partial charge in [0.15, 0.2) is 0 Å². The second-order valence-corrected chi connectivity index (χ2v) is 61.6. The third-order valence-electron chi connectivity index (χ3n) is 21.4. The highest BCUT2D eigenvalue weighted by Gasteiger charge is 2.48. The standard InChI is InChI=1S/C58H128O16Si12/c1-57(2,51-28-34-54(35-29-51)60-42-20-45-83(13)68-77(7)63-75(5)64-78(8)69-83)50-26-24-49(25-27-50)23-17-18-40-59-41-19-47-85(15)72-81(11)67-82(12)73-86(16,74-85)48-22-44-62-56-38-32-53(33-39-56)58(3,4)52-30-36-55(37-31-52)61-43-21-46-84(14)70-79(9)65-76(6)66-80(10)71-84/h49-56,75-82H,17-48H2,1-16H3. The molecule has 7 aliphatic rings. The fourth-order valence-corrected chi connectivity index (χ4v) is 63.4. The van der Waals surface area contributed by atoms with E-state index in [4.69, 9.17) is 68.3 Å². The molecule has 16 nitrogen and oxygen atoms in total. The van der Waals surface area contributed by atoms with Gasteiger partial charge in [-0.3, -0.25) is 0 Å². The van der Waals surface area contributed by atoms with Gasteiger partial charge in [0.2, 0.25) is 0 Å². The van der Waals surface area contributed by atoms with Crippen LogP contribution in [0.3, 0.4) is 0 Å². The molecule has 4 aliphatic carbocycles. The Balaban J connectivity index is 0.706. The van der Waals surface area contributed by atoms with Crippen molar-refractivity contribution >= 4 is 109 Å². The SMILES string of the molecule is C[SiH]1O[SiH](C)O[Si](C)(CCCOC2CCC(C(C)(C)C3CCC(CCCCOCCC[Si]4(C)O[SiH](C)O[SiH](C)O[Si](C)(CCCOC5CCC(C(C)(C)C6CCC(OCCC[Si]7(C)O[SiH](C)O[SiH](C)O[SiH](C)O7)CC6)CC5)O4)CC3)CC2)O[SiH](C)O1. The summed E-state index contributed by atoms with van der Waals surface area (Å²) in [6, 6.07) is 3.73. The molecule has 4 saturated carbocycles. The van der Waals surface area contributed by atoms with Gasteiger partial charge in [-0.25, -0.2) is 0 Å². The lowest BCUT2D eigenvalue weighted by molar-refractivity contribution is -0.0352. The predicted octanol–water partition coefficient (Wildman–Crippen LogP) is 12.6. The quantitative estimate of drug-likeness (QED) is 0.0540. The van der Waals surface area contributed by atoms with Crippen LogP contribution in [0.25, 0.3) is 0 Å². The Labute approximate surface area is 543 Å². The largest absolute Gasteiger partial charge is 0.420 e. The Bertz CT molecular complexity index is 1890. The Morgan fingerprint density at radius 1 is 0.326 bits per heavy atom. The lowest BCUT2D eigenvalue weighted by Crippen LogP contribution is -2.59. The molecule has 3 aliphatic heterocycles.